The van der Waals surface area contributed by atoms with E-state index in [9.17, 15) is 18.7 Å². The minimum Gasteiger partial charge on any atom is -0.505 e. The number of benzene rings is 2. The van der Waals surface area contributed by atoms with Gasteiger partial charge in [-0.2, -0.15) is 0 Å². The number of aromatic nitrogens is 1. The van der Waals surface area contributed by atoms with Gasteiger partial charge in [0.25, 0.3) is 0 Å². The van der Waals surface area contributed by atoms with E-state index in [1.54, 1.807) is 19.1 Å². The lowest BCUT2D eigenvalue weighted by Crippen LogP contribution is -2.07. The lowest BCUT2D eigenvalue weighted by molar-refractivity contribution is -0.142. The first-order valence-electron chi connectivity index (χ1n) is 7.88. The number of phenolic OH excluding ortho intramolecular Hbond substituents is 1. The highest BCUT2D eigenvalue weighted by molar-refractivity contribution is 7.15. The highest BCUT2D eigenvalue weighted by Gasteiger charge is 2.19. The van der Waals surface area contributed by atoms with E-state index >= 15 is 0 Å². The molecule has 1 N–H and O–H groups in total. The molecule has 0 atom stereocenters. The number of aromatic hydroxyl groups is 1. The van der Waals surface area contributed by atoms with Gasteiger partial charge in [-0.25, -0.2) is 13.8 Å². The van der Waals surface area contributed by atoms with E-state index < -0.39 is 17.5 Å². The summed E-state index contributed by atoms with van der Waals surface area (Å²) >= 11 is 1.26. The van der Waals surface area contributed by atoms with E-state index in [-0.39, 0.29) is 18.8 Å². The van der Waals surface area contributed by atoms with Crippen molar-refractivity contribution in [3.05, 3.63) is 59.0 Å². The normalized spacial score (nSPS) is 10.7. The predicted octanol–water partition coefficient (Wildman–Crippen LogP) is 4.57. The van der Waals surface area contributed by atoms with Gasteiger partial charge in [0.05, 0.1) is 18.7 Å². The van der Waals surface area contributed by atoms with Gasteiger partial charge in [0.1, 0.15) is 10.8 Å². The van der Waals surface area contributed by atoms with E-state index in [1.807, 2.05) is 0 Å². The third-order valence-corrected chi connectivity index (χ3v) is 4.72. The van der Waals surface area contributed by atoms with E-state index in [2.05, 4.69) is 4.98 Å². The topological polar surface area (TPSA) is 59.4 Å². The number of carbonyl (C=O) groups is 1. The molecule has 1 heterocycles. The number of phenols is 1. The average molecular weight is 375 g/mol. The number of thiazole rings is 1. The molecule has 0 saturated carbocycles. The lowest BCUT2D eigenvalue weighted by Gasteiger charge is -2.04. The second kappa shape index (κ2) is 7.61. The molecular formula is C19H15F2NO3S. The zero-order chi connectivity index (χ0) is 18.7. The van der Waals surface area contributed by atoms with Gasteiger partial charge in [-0.05, 0) is 49.4 Å². The lowest BCUT2D eigenvalue weighted by atomic mass is 10.1. The second-order valence-corrected chi connectivity index (χ2v) is 6.53. The molecule has 0 spiro atoms. The van der Waals surface area contributed by atoms with Crippen molar-refractivity contribution in [2.45, 2.75) is 13.3 Å². The fraction of sp³-hybridized carbons (Fsp3) is 0.158. The van der Waals surface area contributed by atoms with E-state index in [4.69, 9.17) is 4.74 Å². The van der Waals surface area contributed by atoms with Gasteiger partial charge in [0.2, 0.25) is 0 Å². The first kappa shape index (κ1) is 18.0. The van der Waals surface area contributed by atoms with Crippen molar-refractivity contribution in [1.29, 1.82) is 0 Å². The minimum atomic E-state index is -0.777. The van der Waals surface area contributed by atoms with Crippen LogP contribution in [0, 0.1) is 11.6 Å². The molecule has 0 fully saturated rings. The molecule has 0 saturated heterocycles. The largest absolute Gasteiger partial charge is 0.505 e. The molecule has 1 aromatic heterocycles. The summed E-state index contributed by atoms with van der Waals surface area (Å²) in [6, 6.07) is 9.73. The molecule has 134 valence electrons. The first-order valence-corrected chi connectivity index (χ1v) is 8.69. The molecule has 7 heteroatoms. The minimum absolute atomic E-state index is 0.00939. The van der Waals surface area contributed by atoms with Gasteiger partial charge in [0.15, 0.2) is 11.6 Å². The Balaban J connectivity index is 2.06. The van der Waals surface area contributed by atoms with Crippen LogP contribution in [-0.4, -0.2) is 22.7 Å². The van der Waals surface area contributed by atoms with Gasteiger partial charge < -0.3 is 9.84 Å². The molecule has 0 unspecified atom stereocenters. The summed E-state index contributed by atoms with van der Waals surface area (Å²) in [7, 11) is 0. The average Bonchev–Trinajstić information content (AvgIpc) is 3.02. The van der Waals surface area contributed by atoms with E-state index in [1.165, 1.54) is 35.6 Å². The molecule has 2 aromatic carbocycles. The van der Waals surface area contributed by atoms with Crippen molar-refractivity contribution in [3.8, 4) is 27.6 Å². The highest BCUT2D eigenvalue weighted by atomic mass is 32.1. The molecular weight excluding hydrogens is 360 g/mol. The first-order chi connectivity index (χ1) is 12.5. The van der Waals surface area contributed by atoms with Crippen LogP contribution >= 0.6 is 11.3 Å². The number of ether oxygens (including phenoxy) is 1. The molecule has 0 bridgehead atoms. The molecule has 4 nitrogen and oxygen atoms in total. The van der Waals surface area contributed by atoms with Gasteiger partial charge in [-0.1, -0.05) is 0 Å². The Morgan fingerprint density at radius 3 is 2.50 bits per heavy atom. The maximum atomic E-state index is 13.7. The van der Waals surface area contributed by atoms with Crippen molar-refractivity contribution >= 4 is 17.3 Å². The van der Waals surface area contributed by atoms with Crippen LogP contribution in [0.25, 0.3) is 21.8 Å². The van der Waals surface area contributed by atoms with E-state index in [0.717, 1.165) is 6.07 Å². The smallest absolute Gasteiger partial charge is 0.311 e. The van der Waals surface area contributed by atoms with Crippen molar-refractivity contribution < 1.29 is 23.4 Å². The van der Waals surface area contributed by atoms with Gasteiger partial charge in [-0.15, -0.1) is 11.3 Å². The SMILES string of the molecule is CCOC(=O)Cc1sc(-c2ccc(F)cc2)nc1-c1ccc(O)c(F)c1. The Hall–Kier alpha value is -2.80. The van der Waals surface area contributed by atoms with Crippen molar-refractivity contribution in [3.63, 3.8) is 0 Å². The molecule has 26 heavy (non-hydrogen) atoms. The van der Waals surface area contributed by atoms with Crippen LogP contribution in [-0.2, 0) is 16.0 Å². The van der Waals surface area contributed by atoms with Crippen LogP contribution in [0.15, 0.2) is 42.5 Å². The summed E-state index contributed by atoms with van der Waals surface area (Å²) in [5.41, 5.74) is 1.55. The summed E-state index contributed by atoms with van der Waals surface area (Å²) in [6.45, 7) is 1.97. The summed E-state index contributed by atoms with van der Waals surface area (Å²) in [4.78, 5) is 17.0. The Kier molecular flexibility index (Phi) is 5.27. The van der Waals surface area contributed by atoms with Crippen LogP contribution in [0.4, 0.5) is 8.78 Å². The number of esters is 1. The van der Waals surface area contributed by atoms with Crippen LogP contribution in [0.5, 0.6) is 5.75 Å². The molecule has 3 aromatic rings. The molecule has 0 amide bonds. The summed E-state index contributed by atoms with van der Waals surface area (Å²) < 4.78 is 31.9. The summed E-state index contributed by atoms with van der Waals surface area (Å²) in [5.74, 6) is -2.02. The third-order valence-electron chi connectivity index (χ3n) is 3.62. The number of rotatable bonds is 5. The third kappa shape index (κ3) is 3.88. The standard InChI is InChI=1S/C19H15F2NO3S/c1-2-25-17(24)10-16-18(12-5-8-15(23)14(21)9-12)22-19(26-16)11-3-6-13(20)7-4-11/h3-9,23H,2,10H2,1H3. The second-order valence-electron chi connectivity index (χ2n) is 5.45. The number of carbonyl (C=O) groups excluding carboxylic acids is 1. The van der Waals surface area contributed by atoms with Crippen molar-refractivity contribution in [1.82, 2.24) is 4.98 Å². The van der Waals surface area contributed by atoms with E-state index in [0.29, 0.717) is 26.7 Å². The number of hydrogen-bond acceptors (Lipinski definition) is 5. The van der Waals surface area contributed by atoms with Crippen LogP contribution in [0.1, 0.15) is 11.8 Å². The number of nitrogens with zero attached hydrogens (tertiary/aromatic N) is 1. The fourth-order valence-corrected chi connectivity index (χ4v) is 3.48. The number of hydrogen-bond donors (Lipinski definition) is 1. The maximum absolute atomic E-state index is 13.7. The van der Waals surface area contributed by atoms with Crippen LogP contribution in [0.2, 0.25) is 0 Å². The zero-order valence-electron chi connectivity index (χ0n) is 13.8. The van der Waals surface area contributed by atoms with Crippen molar-refractivity contribution in [2.75, 3.05) is 6.61 Å². The predicted molar refractivity (Wildman–Crippen MR) is 94.9 cm³/mol. The zero-order valence-corrected chi connectivity index (χ0v) is 14.6. The van der Waals surface area contributed by atoms with Gasteiger partial charge >= 0.3 is 5.97 Å². The van der Waals surface area contributed by atoms with Crippen molar-refractivity contribution in [2.24, 2.45) is 0 Å². The Labute approximate surface area is 152 Å². The van der Waals surface area contributed by atoms with Gasteiger partial charge in [-0.3, -0.25) is 4.79 Å². The quantitative estimate of drug-likeness (QED) is 0.664. The molecule has 0 aliphatic carbocycles. The Bertz CT molecular complexity index is 938. The fourth-order valence-electron chi connectivity index (χ4n) is 2.41. The molecule has 0 radical (unpaired) electrons. The molecule has 0 aliphatic heterocycles. The Morgan fingerprint density at radius 2 is 1.85 bits per heavy atom. The van der Waals surface area contributed by atoms with Gasteiger partial charge in [0, 0.05) is 16.0 Å². The molecule has 3 rings (SSSR count). The van der Waals surface area contributed by atoms with Crippen LogP contribution < -0.4 is 0 Å². The maximum Gasteiger partial charge on any atom is 0.311 e. The monoisotopic (exact) mass is 375 g/mol. The summed E-state index contributed by atoms with van der Waals surface area (Å²) in [5, 5.41) is 9.96. The summed E-state index contributed by atoms with van der Waals surface area (Å²) in [6.07, 6.45) is -0.00939. The molecule has 0 aliphatic rings. The highest BCUT2D eigenvalue weighted by Crippen LogP contribution is 2.35. The Morgan fingerprint density at radius 1 is 1.15 bits per heavy atom. The number of halogens is 2. The van der Waals surface area contributed by atoms with Crippen LogP contribution in [0.3, 0.4) is 0 Å².